The van der Waals surface area contributed by atoms with Gasteiger partial charge in [0.05, 0.1) is 5.56 Å². The van der Waals surface area contributed by atoms with Crippen LogP contribution in [0.25, 0.3) is 0 Å². The molecule has 1 saturated carbocycles. The number of aliphatic hydroxyl groups is 1. The Morgan fingerprint density at radius 2 is 2.04 bits per heavy atom. The molecule has 2 amide bonds. The lowest BCUT2D eigenvalue weighted by molar-refractivity contribution is -0.122. The van der Waals surface area contributed by atoms with E-state index in [2.05, 4.69) is 5.32 Å². The third-order valence-corrected chi connectivity index (χ3v) is 6.70. The van der Waals surface area contributed by atoms with Gasteiger partial charge in [0.15, 0.2) is 0 Å². The quantitative estimate of drug-likeness (QED) is 0.805. The minimum Gasteiger partial charge on any atom is -0.396 e. The van der Waals surface area contributed by atoms with E-state index in [-0.39, 0.29) is 47.9 Å². The largest absolute Gasteiger partial charge is 0.396 e. The highest BCUT2D eigenvalue weighted by Gasteiger charge is 2.40. The van der Waals surface area contributed by atoms with Crippen molar-refractivity contribution < 1.29 is 23.1 Å². The maximum absolute atomic E-state index is 12.4. The van der Waals surface area contributed by atoms with Crippen molar-refractivity contribution in [2.45, 2.75) is 43.0 Å². The van der Waals surface area contributed by atoms with Crippen molar-refractivity contribution in [3.63, 3.8) is 0 Å². The number of carbonyl (C=O) groups is 2. The molecule has 2 aliphatic rings. The first kappa shape index (κ1) is 17.9. The molecular formula is C17H22N2O5S. The van der Waals surface area contributed by atoms with Gasteiger partial charge in [-0.25, -0.2) is 12.7 Å². The molecular weight excluding hydrogens is 344 g/mol. The molecule has 2 atom stereocenters. The number of aliphatic hydroxyl groups excluding tert-OH is 1. The second-order valence-corrected chi connectivity index (χ2v) is 8.44. The summed E-state index contributed by atoms with van der Waals surface area (Å²) in [6.07, 6.45) is 3.43. The first-order chi connectivity index (χ1) is 11.9. The first-order valence-electron chi connectivity index (χ1n) is 8.50. The van der Waals surface area contributed by atoms with Crippen molar-refractivity contribution in [2.75, 3.05) is 13.2 Å². The van der Waals surface area contributed by atoms with E-state index in [1.54, 1.807) is 12.1 Å². The van der Waals surface area contributed by atoms with Gasteiger partial charge in [-0.05, 0) is 37.3 Å². The first-order valence-corrected chi connectivity index (χ1v) is 9.94. The molecule has 3 rings (SSSR count). The van der Waals surface area contributed by atoms with Gasteiger partial charge >= 0.3 is 0 Å². The SMILES string of the molecule is O=C(CCN1C(=O)c2ccccc2S1(=O)=O)N[C@@H]1CCC[C@@H](CO)C1. The molecule has 1 aliphatic carbocycles. The fourth-order valence-corrected chi connectivity index (χ4v) is 5.11. The smallest absolute Gasteiger partial charge is 0.269 e. The van der Waals surface area contributed by atoms with Crippen LogP contribution >= 0.6 is 0 Å². The minimum absolute atomic E-state index is 0.00137. The van der Waals surface area contributed by atoms with Crippen LogP contribution in [0.1, 0.15) is 42.5 Å². The maximum Gasteiger partial charge on any atom is 0.269 e. The standard InChI is InChI=1S/C17H22N2O5S/c20-11-12-4-3-5-13(10-12)18-16(21)8-9-19-17(22)14-6-1-2-7-15(14)25(19,23)24/h1-2,6-7,12-13,20H,3-5,8-11H2,(H,18,21)/t12-,13-/m1/s1. The van der Waals surface area contributed by atoms with Crippen LogP contribution in [0, 0.1) is 5.92 Å². The Morgan fingerprint density at radius 1 is 1.28 bits per heavy atom. The molecule has 25 heavy (non-hydrogen) atoms. The molecule has 0 spiro atoms. The lowest BCUT2D eigenvalue weighted by Crippen LogP contribution is -2.41. The normalized spacial score (nSPS) is 24.8. The van der Waals surface area contributed by atoms with Gasteiger partial charge in [-0.2, -0.15) is 0 Å². The third-order valence-electron chi connectivity index (χ3n) is 4.86. The van der Waals surface area contributed by atoms with Crippen molar-refractivity contribution in [3.05, 3.63) is 29.8 Å². The summed E-state index contributed by atoms with van der Waals surface area (Å²) in [6, 6.07) is 6.07. The molecule has 0 radical (unpaired) electrons. The van der Waals surface area contributed by atoms with E-state index >= 15 is 0 Å². The molecule has 1 heterocycles. The van der Waals surface area contributed by atoms with Crippen LogP contribution in [0.15, 0.2) is 29.2 Å². The van der Waals surface area contributed by atoms with Gasteiger partial charge in [0, 0.05) is 25.6 Å². The molecule has 1 aliphatic heterocycles. The average Bonchev–Trinajstić information content (AvgIpc) is 2.80. The molecule has 0 unspecified atom stereocenters. The Bertz CT molecular complexity index is 777. The lowest BCUT2D eigenvalue weighted by Gasteiger charge is -2.28. The number of rotatable bonds is 5. The van der Waals surface area contributed by atoms with Crippen LogP contribution < -0.4 is 5.32 Å². The van der Waals surface area contributed by atoms with Gasteiger partial charge in [0.25, 0.3) is 15.9 Å². The molecule has 7 nitrogen and oxygen atoms in total. The Kier molecular flexibility index (Phi) is 5.10. The van der Waals surface area contributed by atoms with Gasteiger partial charge in [0.2, 0.25) is 5.91 Å². The van der Waals surface area contributed by atoms with Gasteiger partial charge in [0.1, 0.15) is 4.90 Å². The Morgan fingerprint density at radius 3 is 2.76 bits per heavy atom. The second kappa shape index (κ2) is 7.13. The minimum atomic E-state index is -3.87. The van der Waals surface area contributed by atoms with Crippen LogP contribution in [0.4, 0.5) is 0 Å². The van der Waals surface area contributed by atoms with Crippen LogP contribution in [0.2, 0.25) is 0 Å². The average molecular weight is 366 g/mol. The summed E-state index contributed by atoms with van der Waals surface area (Å²) in [4.78, 5) is 24.4. The van der Waals surface area contributed by atoms with Crippen LogP contribution in [0.3, 0.4) is 0 Å². The molecule has 2 N–H and O–H groups in total. The molecule has 0 aromatic heterocycles. The van der Waals surface area contributed by atoms with Gasteiger partial charge < -0.3 is 10.4 Å². The van der Waals surface area contributed by atoms with E-state index in [1.807, 2.05) is 0 Å². The number of amides is 2. The molecule has 1 aromatic carbocycles. The Hall–Kier alpha value is -1.93. The van der Waals surface area contributed by atoms with Gasteiger partial charge in [-0.3, -0.25) is 9.59 Å². The van der Waals surface area contributed by atoms with E-state index in [0.717, 1.165) is 30.0 Å². The molecule has 1 aromatic rings. The van der Waals surface area contributed by atoms with Crippen LogP contribution in [0.5, 0.6) is 0 Å². The number of carbonyl (C=O) groups excluding carboxylic acids is 2. The van der Waals surface area contributed by atoms with E-state index in [1.165, 1.54) is 12.1 Å². The number of benzene rings is 1. The molecule has 8 heteroatoms. The number of nitrogens with one attached hydrogen (secondary N) is 1. The summed E-state index contributed by atoms with van der Waals surface area (Å²) >= 11 is 0. The second-order valence-electron chi connectivity index (χ2n) is 6.61. The zero-order valence-electron chi connectivity index (χ0n) is 13.8. The van der Waals surface area contributed by atoms with Crippen molar-refractivity contribution in [1.82, 2.24) is 9.62 Å². The van der Waals surface area contributed by atoms with E-state index < -0.39 is 15.9 Å². The highest BCUT2D eigenvalue weighted by molar-refractivity contribution is 7.90. The topological polar surface area (TPSA) is 104 Å². The van der Waals surface area contributed by atoms with Crippen molar-refractivity contribution in [2.24, 2.45) is 5.92 Å². The number of nitrogens with zero attached hydrogens (tertiary/aromatic N) is 1. The maximum atomic E-state index is 12.4. The zero-order valence-corrected chi connectivity index (χ0v) is 14.7. The van der Waals surface area contributed by atoms with E-state index in [0.29, 0.717) is 0 Å². The van der Waals surface area contributed by atoms with Crippen LogP contribution in [-0.2, 0) is 14.8 Å². The van der Waals surface area contributed by atoms with Crippen molar-refractivity contribution >= 4 is 21.8 Å². The summed E-state index contributed by atoms with van der Waals surface area (Å²) in [6.45, 7) is -0.0526. The number of fused-ring (bicyclic) bond motifs is 1. The third kappa shape index (κ3) is 3.55. The fourth-order valence-electron chi connectivity index (χ4n) is 3.54. The van der Waals surface area contributed by atoms with Gasteiger partial charge in [-0.15, -0.1) is 0 Å². The predicted octanol–water partition coefficient (Wildman–Crippen LogP) is 0.888. The number of hydrogen-bond donors (Lipinski definition) is 2. The summed E-state index contributed by atoms with van der Waals surface area (Å²) in [5, 5.41) is 12.1. The van der Waals surface area contributed by atoms with E-state index in [9.17, 15) is 23.1 Å². The Balaban J connectivity index is 1.59. The fraction of sp³-hybridized carbons (Fsp3) is 0.529. The van der Waals surface area contributed by atoms with Crippen LogP contribution in [-0.4, -0.2) is 48.8 Å². The predicted molar refractivity (Wildman–Crippen MR) is 90.3 cm³/mol. The lowest BCUT2D eigenvalue weighted by atomic mass is 9.86. The molecule has 136 valence electrons. The number of hydrogen-bond acceptors (Lipinski definition) is 5. The summed E-state index contributed by atoms with van der Waals surface area (Å²) in [7, 11) is -3.87. The molecule has 1 fully saturated rings. The summed E-state index contributed by atoms with van der Waals surface area (Å²) in [5.74, 6) is -0.655. The highest BCUT2D eigenvalue weighted by Crippen LogP contribution is 2.30. The monoisotopic (exact) mass is 366 g/mol. The highest BCUT2D eigenvalue weighted by atomic mass is 32.2. The van der Waals surface area contributed by atoms with Crippen molar-refractivity contribution in [1.29, 1.82) is 0 Å². The van der Waals surface area contributed by atoms with Gasteiger partial charge in [-0.1, -0.05) is 18.6 Å². The summed E-state index contributed by atoms with van der Waals surface area (Å²) < 4.78 is 25.6. The summed E-state index contributed by atoms with van der Waals surface area (Å²) in [5.41, 5.74) is 0.154. The van der Waals surface area contributed by atoms with Crippen molar-refractivity contribution in [3.8, 4) is 0 Å². The molecule has 0 bridgehead atoms. The zero-order chi connectivity index (χ0) is 18.0. The number of sulfonamides is 1. The molecule has 0 saturated heterocycles. The Labute approximate surface area is 147 Å². The van der Waals surface area contributed by atoms with E-state index in [4.69, 9.17) is 0 Å².